The van der Waals surface area contributed by atoms with Gasteiger partial charge in [0.05, 0.1) is 12.3 Å². The van der Waals surface area contributed by atoms with Crippen LogP contribution < -0.4 is 0 Å². The Bertz CT molecular complexity index is 275. The molecule has 1 aromatic rings. The van der Waals surface area contributed by atoms with E-state index in [4.69, 9.17) is 16.7 Å². The molecule has 1 rings (SSSR count). The van der Waals surface area contributed by atoms with E-state index in [2.05, 4.69) is 10.2 Å². The predicted molar refractivity (Wildman–Crippen MR) is 42.4 cm³/mol. The van der Waals surface area contributed by atoms with Crippen molar-refractivity contribution in [1.82, 2.24) is 10.2 Å². The van der Waals surface area contributed by atoms with Crippen molar-refractivity contribution in [1.29, 1.82) is 0 Å². The first-order chi connectivity index (χ1) is 5.16. The maximum Gasteiger partial charge on any atom is 0.154 e. The highest BCUT2D eigenvalue weighted by Crippen LogP contribution is 2.16. The van der Waals surface area contributed by atoms with Gasteiger partial charge in [-0.1, -0.05) is 11.6 Å². The minimum atomic E-state index is -0.0865. The highest BCUT2D eigenvalue weighted by Gasteiger charge is 2.05. The fourth-order valence-electron chi connectivity index (χ4n) is 0.776. The van der Waals surface area contributed by atoms with Crippen LogP contribution in [0.1, 0.15) is 16.8 Å². The van der Waals surface area contributed by atoms with Crippen LogP contribution in [-0.4, -0.2) is 15.3 Å². The summed E-state index contributed by atoms with van der Waals surface area (Å²) in [5.74, 6) is 0. The molecule has 0 unspecified atom stereocenters. The molecule has 0 bridgehead atoms. The van der Waals surface area contributed by atoms with Gasteiger partial charge in [0.15, 0.2) is 5.15 Å². The van der Waals surface area contributed by atoms with E-state index in [9.17, 15) is 0 Å². The topological polar surface area (TPSA) is 46.0 Å². The Labute approximate surface area is 70.0 Å². The van der Waals surface area contributed by atoms with E-state index in [1.54, 1.807) is 0 Å². The molecule has 0 aliphatic heterocycles. The molecule has 4 heteroatoms. The molecule has 0 amide bonds. The normalized spacial score (nSPS) is 10.2. The van der Waals surface area contributed by atoms with Crippen molar-refractivity contribution in [2.75, 3.05) is 0 Å². The van der Waals surface area contributed by atoms with Gasteiger partial charge < -0.3 is 5.11 Å². The Kier molecular flexibility index (Phi) is 2.42. The second kappa shape index (κ2) is 3.15. The zero-order valence-corrected chi connectivity index (χ0v) is 7.18. The summed E-state index contributed by atoms with van der Waals surface area (Å²) >= 11 is 5.69. The molecule has 0 aliphatic rings. The molecule has 60 valence electrons. The van der Waals surface area contributed by atoms with E-state index in [0.717, 1.165) is 11.1 Å². The molecule has 0 aromatic carbocycles. The smallest absolute Gasteiger partial charge is 0.154 e. The van der Waals surface area contributed by atoms with Crippen LogP contribution in [0.4, 0.5) is 0 Å². The van der Waals surface area contributed by atoms with Gasteiger partial charge in [0.25, 0.3) is 0 Å². The van der Waals surface area contributed by atoms with Crippen LogP contribution in [0.3, 0.4) is 0 Å². The lowest BCUT2D eigenvalue weighted by Gasteiger charge is -2.03. The summed E-state index contributed by atoms with van der Waals surface area (Å²) in [5.41, 5.74) is 2.38. The van der Waals surface area contributed by atoms with Crippen LogP contribution in [0.5, 0.6) is 0 Å². The third-order valence-electron chi connectivity index (χ3n) is 1.71. The van der Waals surface area contributed by atoms with Crippen molar-refractivity contribution in [3.8, 4) is 0 Å². The Morgan fingerprint density at radius 3 is 2.45 bits per heavy atom. The molecular weight excluding hydrogens is 164 g/mol. The standard InChI is InChI=1S/C7H9ClN2O/c1-4-5(2)7(8)10-9-6(4)3-11/h11H,3H2,1-2H3. The van der Waals surface area contributed by atoms with E-state index in [1.165, 1.54) is 0 Å². The zero-order chi connectivity index (χ0) is 8.43. The lowest BCUT2D eigenvalue weighted by atomic mass is 10.1. The minimum Gasteiger partial charge on any atom is -0.390 e. The van der Waals surface area contributed by atoms with Gasteiger partial charge in [-0.2, -0.15) is 5.10 Å². The van der Waals surface area contributed by atoms with Crippen molar-refractivity contribution in [3.05, 3.63) is 22.0 Å². The lowest BCUT2D eigenvalue weighted by molar-refractivity contribution is 0.274. The molecule has 0 aliphatic carbocycles. The fraction of sp³-hybridized carbons (Fsp3) is 0.429. The van der Waals surface area contributed by atoms with Crippen LogP contribution >= 0.6 is 11.6 Å². The van der Waals surface area contributed by atoms with Crippen LogP contribution in [0.2, 0.25) is 5.15 Å². The van der Waals surface area contributed by atoms with Crippen LogP contribution in [0.25, 0.3) is 0 Å². The molecule has 0 saturated carbocycles. The van der Waals surface area contributed by atoms with Gasteiger partial charge in [0, 0.05) is 0 Å². The minimum absolute atomic E-state index is 0.0865. The van der Waals surface area contributed by atoms with E-state index in [0.29, 0.717) is 10.8 Å². The second-order valence-corrected chi connectivity index (χ2v) is 2.70. The highest BCUT2D eigenvalue weighted by molar-refractivity contribution is 6.30. The van der Waals surface area contributed by atoms with Crippen LogP contribution in [-0.2, 0) is 6.61 Å². The van der Waals surface area contributed by atoms with Gasteiger partial charge in [-0.25, -0.2) is 0 Å². The third-order valence-corrected chi connectivity index (χ3v) is 2.07. The third kappa shape index (κ3) is 1.49. The van der Waals surface area contributed by atoms with Crippen LogP contribution in [0, 0.1) is 13.8 Å². The second-order valence-electron chi connectivity index (χ2n) is 2.35. The van der Waals surface area contributed by atoms with E-state index < -0.39 is 0 Å². The number of aliphatic hydroxyl groups is 1. The molecule has 0 saturated heterocycles. The SMILES string of the molecule is Cc1c(Cl)nnc(CO)c1C. The van der Waals surface area contributed by atoms with Crippen LogP contribution in [0.15, 0.2) is 0 Å². The van der Waals surface area contributed by atoms with Gasteiger partial charge >= 0.3 is 0 Å². The zero-order valence-electron chi connectivity index (χ0n) is 6.43. The summed E-state index contributed by atoms with van der Waals surface area (Å²) in [4.78, 5) is 0. The Hall–Kier alpha value is -0.670. The van der Waals surface area contributed by atoms with Crippen molar-refractivity contribution in [2.24, 2.45) is 0 Å². The van der Waals surface area contributed by atoms with Gasteiger partial charge in [0.2, 0.25) is 0 Å². The predicted octanol–water partition coefficient (Wildman–Crippen LogP) is 1.24. The lowest BCUT2D eigenvalue weighted by Crippen LogP contribution is -1.99. The van der Waals surface area contributed by atoms with E-state index in [-0.39, 0.29) is 6.61 Å². The molecule has 1 N–H and O–H groups in total. The Morgan fingerprint density at radius 2 is 1.91 bits per heavy atom. The first kappa shape index (κ1) is 8.43. The summed E-state index contributed by atoms with van der Waals surface area (Å²) < 4.78 is 0. The quantitative estimate of drug-likeness (QED) is 0.694. The molecule has 0 radical (unpaired) electrons. The number of rotatable bonds is 1. The summed E-state index contributed by atoms with van der Waals surface area (Å²) in [7, 11) is 0. The number of hydrogen-bond donors (Lipinski definition) is 1. The van der Waals surface area contributed by atoms with Gasteiger partial charge in [-0.05, 0) is 25.0 Å². The average molecular weight is 173 g/mol. The summed E-state index contributed by atoms with van der Waals surface area (Å²) in [5, 5.41) is 16.6. The maximum atomic E-state index is 8.79. The number of halogens is 1. The number of hydrogen-bond acceptors (Lipinski definition) is 3. The first-order valence-corrected chi connectivity index (χ1v) is 3.63. The molecule has 11 heavy (non-hydrogen) atoms. The molecular formula is C7H9ClN2O. The van der Waals surface area contributed by atoms with E-state index >= 15 is 0 Å². The highest BCUT2D eigenvalue weighted by atomic mass is 35.5. The van der Waals surface area contributed by atoms with Crippen molar-refractivity contribution >= 4 is 11.6 Å². The first-order valence-electron chi connectivity index (χ1n) is 3.26. The van der Waals surface area contributed by atoms with Crippen molar-refractivity contribution < 1.29 is 5.11 Å². The van der Waals surface area contributed by atoms with Crippen molar-refractivity contribution in [2.45, 2.75) is 20.5 Å². The van der Waals surface area contributed by atoms with Gasteiger partial charge in [-0.15, -0.1) is 5.10 Å². The summed E-state index contributed by atoms with van der Waals surface area (Å²) in [6.07, 6.45) is 0. The molecule has 1 aromatic heterocycles. The maximum absolute atomic E-state index is 8.79. The molecule has 0 fully saturated rings. The monoisotopic (exact) mass is 172 g/mol. The molecule has 3 nitrogen and oxygen atoms in total. The number of aromatic nitrogens is 2. The summed E-state index contributed by atoms with van der Waals surface area (Å²) in [6, 6.07) is 0. The average Bonchev–Trinajstić information content (AvgIpc) is 2.01. The number of aliphatic hydroxyl groups excluding tert-OH is 1. The van der Waals surface area contributed by atoms with Gasteiger partial charge in [-0.3, -0.25) is 0 Å². The Balaban J connectivity index is 3.25. The van der Waals surface area contributed by atoms with Gasteiger partial charge in [0.1, 0.15) is 0 Å². The molecule has 0 spiro atoms. The van der Waals surface area contributed by atoms with Crippen molar-refractivity contribution in [3.63, 3.8) is 0 Å². The Morgan fingerprint density at radius 1 is 1.27 bits per heavy atom. The van der Waals surface area contributed by atoms with E-state index in [1.807, 2.05) is 13.8 Å². The largest absolute Gasteiger partial charge is 0.390 e. The summed E-state index contributed by atoms with van der Waals surface area (Å²) in [6.45, 7) is 3.63. The molecule has 0 atom stereocenters. The fourth-order valence-corrected chi connectivity index (χ4v) is 0.955. The number of nitrogens with zero attached hydrogens (tertiary/aromatic N) is 2. The molecule has 1 heterocycles.